The van der Waals surface area contributed by atoms with E-state index < -0.39 is 0 Å². The first-order valence-corrected chi connectivity index (χ1v) is 9.18. The predicted octanol–water partition coefficient (Wildman–Crippen LogP) is 5.08. The molecule has 0 atom stereocenters. The summed E-state index contributed by atoms with van der Waals surface area (Å²) in [6.45, 7) is 8.48. The van der Waals surface area contributed by atoms with Crippen LogP contribution in [-0.4, -0.2) is 20.5 Å². The fourth-order valence-electron chi connectivity index (χ4n) is 3.19. The lowest BCUT2D eigenvalue weighted by Gasteiger charge is -2.05. The van der Waals surface area contributed by atoms with Crippen molar-refractivity contribution in [3.63, 3.8) is 0 Å². The summed E-state index contributed by atoms with van der Waals surface area (Å²) in [6, 6.07) is 9.60. The number of nitriles is 1. The van der Waals surface area contributed by atoms with E-state index in [0.29, 0.717) is 34.4 Å². The minimum Gasteiger partial charge on any atom is -0.358 e. The molecule has 6 heteroatoms. The number of para-hydroxylation sites is 1. The van der Waals surface area contributed by atoms with E-state index in [-0.39, 0.29) is 11.4 Å². The highest BCUT2D eigenvalue weighted by Crippen LogP contribution is 2.28. The summed E-state index contributed by atoms with van der Waals surface area (Å²) in [6.07, 6.45) is 1.55. The van der Waals surface area contributed by atoms with Crippen LogP contribution < -0.4 is 0 Å². The van der Waals surface area contributed by atoms with Gasteiger partial charge in [0.25, 0.3) is 0 Å². The molecule has 5 nitrogen and oxygen atoms in total. The van der Waals surface area contributed by atoms with Crippen LogP contribution in [0.25, 0.3) is 17.0 Å². The molecule has 1 aromatic carbocycles. The molecule has 0 bridgehead atoms. The molecule has 0 aliphatic heterocycles. The SMILES string of the molecule is Cc1nn(CC(C)C)c(Cl)c1/C=C(\C#N)C(=O)c1c(C)[nH]c2ccccc12. The number of halogens is 1. The molecular weight excluding hydrogens is 360 g/mol. The van der Waals surface area contributed by atoms with Gasteiger partial charge >= 0.3 is 0 Å². The predicted molar refractivity (Wildman–Crippen MR) is 108 cm³/mol. The normalized spacial score (nSPS) is 12.0. The van der Waals surface area contributed by atoms with E-state index in [4.69, 9.17) is 11.6 Å². The third kappa shape index (κ3) is 3.54. The second kappa shape index (κ2) is 7.42. The lowest BCUT2D eigenvalue weighted by Crippen LogP contribution is -2.06. The number of carbonyl (C=O) groups excluding carboxylic acids is 1. The molecule has 0 amide bonds. The highest BCUT2D eigenvalue weighted by atomic mass is 35.5. The average Bonchev–Trinajstić information content (AvgIpc) is 3.08. The molecule has 0 saturated carbocycles. The van der Waals surface area contributed by atoms with E-state index in [0.717, 1.165) is 16.6 Å². The minimum atomic E-state index is -0.320. The first-order valence-electron chi connectivity index (χ1n) is 8.80. The van der Waals surface area contributed by atoms with Gasteiger partial charge in [-0.2, -0.15) is 10.4 Å². The molecule has 2 aromatic heterocycles. The lowest BCUT2D eigenvalue weighted by molar-refractivity contribution is 0.104. The van der Waals surface area contributed by atoms with E-state index in [1.165, 1.54) is 0 Å². The Labute approximate surface area is 163 Å². The first kappa shape index (κ1) is 18.9. The Bertz CT molecular complexity index is 1100. The molecular formula is C21H21ClN4O. The first-order chi connectivity index (χ1) is 12.8. The monoisotopic (exact) mass is 380 g/mol. The summed E-state index contributed by atoms with van der Waals surface area (Å²) < 4.78 is 1.71. The molecule has 0 spiro atoms. The third-order valence-electron chi connectivity index (χ3n) is 4.42. The van der Waals surface area contributed by atoms with Crippen LogP contribution in [0, 0.1) is 31.1 Å². The highest BCUT2D eigenvalue weighted by molar-refractivity contribution is 6.31. The maximum absolute atomic E-state index is 13.1. The van der Waals surface area contributed by atoms with Crippen molar-refractivity contribution in [3.05, 3.63) is 57.5 Å². The Morgan fingerprint density at radius 3 is 2.74 bits per heavy atom. The van der Waals surface area contributed by atoms with Crippen LogP contribution >= 0.6 is 11.6 Å². The number of carbonyl (C=O) groups is 1. The zero-order valence-corrected chi connectivity index (χ0v) is 16.6. The van der Waals surface area contributed by atoms with Crippen molar-refractivity contribution in [2.24, 2.45) is 5.92 Å². The number of benzene rings is 1. The number of aromatic nitrogens is 3. The van der Waals surface area contributed by atoms with Crippen molar-refractivity contribution in [2.45, 2.75) is 34.2 Å². The second-order valence-corrected chi connectivity index (χ2v) is 7.39. The molecule has 3 aromatic rings. The summed E-state index contributed by atoms with van der Waals surface area (Å²) >= 11 is 6.46. The van der Waals surface area contributed by atoms with Gasteiger partial charge in [0, 0.05) is 28.7 Å². The number of fused-ring (bicyclic) bond motifs is 1. The molecule has 0 fully saturated rings. The molecule has 0 unspecified atom stereocenters. The van der Waals surface area contributed by atoms with Crippen molar-refractivity contribution in [3.8, 4) is 6.07 Å². The smallest absolute Gasteiger partial charge is 0.205 e. The van der Waals surface area contributed by atoms with Gasteiger partial charge < -0.3 is 4.98 Å². The Kier molecular flexibility index (Phi) is 5.20. The van der Waals surface area contributed by atoms with Gasteiger partial charge in [-0.3, -0.25) is 9.48 Å². The van der Waals surface area contributed by atoms with Gasteiger partial charge in [-0.25, -0.2) is 0 Å². The largest absolute Gasteiger partial charge is 0.358 e. The molecule has 0 saturated heterocycles. The Morgan fingerprint density at radius 2 is 2.07 bits per heavy atom. The number of ketones is 1. The Morgan fingerprint density at radius 1 is 1.37 bits per heavy atom. The number of aromatic amines is 1. The summed E-state index contributed by atoms with van der Waals surface area (Å²) in [5.74, 6) is 0.0593. The topological polar surface area (TPSA) is 74.5 Å². The number of Topliss-reactive ketones (excluding diaryl/α,β-unsaturated/α-hetero) is 1. The van der Waals surface area contributed by atoms with Crippen LogP contribution in [0.2, 0.25) is 5.15 Å². The van der Waals surface area contributed by atoms with Crippen LogP contribution in [0.5, 0.6) is 0 Å². The van der Waals surface area contributed by atoms with Gasteiger partial charge in [-0.15, -0.1) is 0 Å². The van der Waals surface area contributed by atoms with Gasteiger partial charge in [0.1, 0.15) is 16.8 Å². The molecule has 138 valence electrons. The fourth-order valence-corrected chi connectivity index (χ4v) is 3.49. The number of H-pyrrole nitrogens is 1. The van der Waals surface area contributed by atoms with Gasteiger partial charge in [-0.05, 0) is 31.9 Å². The molecule has 2 heterocycles. The zero-order valence-electron chi connectivity index (χ0n) is 15.8. The third-order valence-corrected chi connectivity index (χ3v) is 4.82. The number of hydrogen-bond acceptors (Lipinski definition) is 3. The Hall–Kier alpha value is -2.84. The van der Waals surface area contributed by atoms with Gasteiger partial charge in [0.05, 0.1) is 11.3 Å². The quantitative estimate of drug-likeness (QED) is 0.381. The standard InChI is InChI=1S/C21H21ClN4O/c1-12(2)11-26-21(22)17(13(3)25-26)9-15(10-23)20(27)19-14(4)24-18-8-6-5-7-16(18)19/h5-9,12,24H,11H2,1-4H3/b15-9+. The molecule has 0 radical (unpaired) electrons. The average molecular weight is 381 g/mol. The van der Waals surface area contributed by atoms with E-state index in [1.807, 2.05) is 44.2 Å². The van der Waals surface area contributed by atoms with Crippen molar-refractivity contribution in [1.82, 2.24) is 14.8 Å². The van der Waals surface area contributed by atoms with Gasteiger partial charge in [-0.1, -0.05) is 43.6 Å². The number of rotatable bonds is 5. The van der Waals surface area contributed by atoms with Crippen LogP contribution in [0.4, 0.5) is 0 Å². The second-order valence-electron chi connectivity index (χ2n) is 7.04. The van der Waals surface area contributed by atoms with E-state index >= 15 is 0 Å². The summed E-state index contributed by atoms with van der Waals surface area (Å²) in [5, 5.41) is 15.3. The highest BCUT2D eigenvalue weighted by Gasteiger charge is 2.21. The van der Waals surface area contributed by atoms with Crippen molar-refractivity contribution in [1.29, 1.82) is 5.26 Å². The van der Waals surface area contributed by atoms with Crippen LogP contribution in [-0.2, 0) is 6.54 Å². The minimum absolute atomic E-state index is 0.0388. The van der Waals surface area contributed by atoms with Crippen molar-refractivity contribution in [2.75, 3.05) is 0 Å². The van der Waals surface area contributed by atoms with Gasteiger partial charge in [0.2, 0.25) is 5.78 Å². The van der Waals surface area contributed by atoms with Crippen LogP contribution in [0.1, 0.15) is 41.2 Å². The summed E-state index contributed by atoms with van der Waals surface area (Å²) in [5.41, 5.74) is 3.46. The number of aryl methyl sites for hydroxylation is 2. The van der Waals surface area contributed by atoms with Crippen molar-refractivity contribution >= 4 is 34.4 Å². The number of nitrogens with one attached hydrogen (secondary N) is 1. The van der Waals surface area contributed by atoms with E-state index in [1.54, 1.807) is 10.8 Å². The fraction of sp³-hybridized carbons (Fsp3) is 0.286. The maximum Gasteiger partial charge on any atom is 0.205 e. The van der Waals surface area contributed by atoms with E-state index in [2.05, 4.69) is 23.9 Å². The van der Waals surface area contributed by atoms with Crippen molar-refractivity contribution < 1.29 is 4.79 Å². The molecule has 0 aliphatic carbocycles. The van der Waals surface area contributed by atoms with Gasteiger partial charge in [0.15, 0.2) is 0 Å². The lowest BCUT2D eigenvalue weighted by atomic mass is 9.99. The Balaban J connectivity index is 2.08. The molecule has 27 heavy (non-hydrogen) atoms. The zero-order chi connectivity index (χ0) is 19.7. The number of allylic oxidation sites excluding steroid dienone is 1. The molecule has 1 N–H and O–H groups in total. The van der Waals surface area contributed by atoms with Crippen LogP contribution in [0.15, 0.2) is 29.8 Å². The van der Waals surface area contributed by atoms with E-state index in [9.17, 15) is 10.1 Å². The number of nitrogens with zero attached hydrogens (tertiary/aromatic N) is 3. The molecule has 0 aliphatic rings. The molecule has 3 rings (SSSR count). The number of hydrogen-bond donors (Lipinski definition) is 1. The van der Waals surface area contributed by atoms with Crippen LogP contribution in [0.3, 0.4) is 0 Å². The summed E-state index contributed by atoms with van der Waals surface area (Å²) in [7, 11) is 0. The summed E-state index contributed by atoms with van der Waals surface area (Å²) in [4.78, 5) is 16.3. The maximum atomic E-state index is 13.1.